The first-order valence-electron chi connectivity index (χ1n) is 5.98. The maximum atomic E-state index is 12.1. The first-order valence-corrected chi connectivity index (χ1v) is 6.36. The molecule has 0 aromatic carbocycles. The maximum absolute atomic E-state index is 12.1. The summed E-state index contributed by atoms with van der Waals surface area (Å²) in [5.74, 6) is -0.0586. The monoisotopic (exact) mass is 302 g/mol. The Hall–Kier alpha value is -2.65. The molecule has 0 aliphatic carbocycles. The zero-order valence-corrected chi connectivity index (χ0v) is 11.9. The Morgan fingerprint density at radius 1 is 1.38 bits per heavy atom. The number of nitriles is 1. The van der Waals surface area contributed by atoms with Crippen molar-refractivity contribution in [3.05, 3.63) is 47.5 Å². The second kappa shape index (κ2) is 6.68. The van der Waals surface area contributed by atoms with Gasteiger partial charge in [0.1, 0.15) is 6.07 Å². The third kappa shape index (κ3) is 3.46. The van der Waals surface area contributed by atoms with E-state index in [0.717, 1.165) is 0 Å². The van der Waals surface area contributed by atoms with Gasteiger partial charge in [-0.2, -0.15) is 5.26 Å². The lowest BCUT2D eigenvalue weighted by molar-refractivity contribution is -0.120. The lowest BCUT2D eigenvalue weighted by Crippen LogP contribution is -2.31. The molecule has 1 amide bonds. The molecule has 2 rings (SSSR count). The summed E-state index contributed by atoms with van der Waals surface area (Å²) in [6.45, 7) is -0.234. The number of likely N-dealkylation sites (N-methyl/N-ethyl adjacent to an activating group) is 1. The zero-order valence-electron chi connectivity index (χ0n) is 11.2. The van der Waals surface area contributed by atoms with Crippen molar-refractivity contribution in [2.75, 3.05) is 18.6 Å². The molecule has 0 radical (unpaired) electrons. The number of nitrogens with zero attached hydrogens (tertiary/aromatic N) is 4. The van der Waals surface area contributed by atoms with E-state index in [2.05, 4.69) is 9.97 Å². The van der Waals surface area contributed by atoms with Crippen molar-refractivity contribution in [3.63, 3.8) is 0 Å². The van der Waals surface area contributed by atoms with Gasteiger partial charge in [0.05, 0.1) is 5.69 Å². The molecule has 0 atom stereocenters. The van der Waals surface area contributed by atoms with E-state index in [4.69, 9.17) is 21.6 Å². The highest BCUT2D eigenvalue weighted by atomic mass is 35.5. The van der Waals surface area contributed by atoms with Gasteiger partial charge in [-0.05, 0) is 24.3 Å². The minimum absolute atomic E-state index is 0.132. The molecule has 21 heavy (non-hydrogen) atoms. The summed E-state index contributed by atoms with van der Waals surface area (Å²) in [6, 6.07) is 8.46. The standard InChI is InChI=1S/C14H11ClN4O2/c1-19(11-4-2-7-18-14(11)15)13(20)9-21-12-5-3-6-17-10(12)8-16/h2-7H,9H2,1H3. The van der Waals surface area contributed by atoms with E-state index in [-0.39, 0.29) is 29.1 Å². The van der Waals surface area contributed by atoms with Crippen LogP contribution in [-0.2, 0) is 4.79 Å². The number of hydrogen-bond donors (Lipinski definition) is 0. The molecule has 0 unspecified atom stereocenters. The lowest BCUT2D eigenvalue weighted by Gasteiger charge is -2.18. The summed E-state index contributed by atoms with van der Waals surface area (Å²) in [5, 5.41) is 9.12. The Balaban J connectivity index is 2.06. The number of carbonyl (C=O) groups excluding carboxylic acids is 1. The molecule has 0 N–H and O–H groups in total. The highest BCUT2D eigenvalue weighted by Crippen LogP contribution is 2.22. The van der Waals surface area contributed by atoms with Crippen LogP contribution in [0, 0.1) is 11.3 Å². The first-order chi connectivity index (χ1) is 10.1. The van der Waals surface area contributed by atoms with Crippen molar-refractivity contribution in [1.82, 2.24) is 9.97 Å². The van der Waals surface area contributed by atoms with Crippen LogP contribution < -0.4 is 9.64 Å². The van der Waals surface area contributed by atoms with Gasteiger partial charge < -0.3 is 9.64 Å². The predicted molar refractivity (Wildman–Crippen MR) is 77.1 cm³/mol. The number of rotatable bonds is 4. The average Bonchev–Trinajstić information content (AvgIpc) is 2.52. The van der Waals surface area contributed by atoms with Crippen molar-refractivity contribution in [3.8, 4) is 11.8 Å². The van der Waals surface area contributed by atoms with Crippen LogP contribution in [0.15, 0.2) is 36.7 Å². The number of aromatic nitrogens is 2. The molecule has 2 aromatic heterocycles. The second-order valence-corrected chi connectivity index (χ2v) is 4.37. The first kappa shape index (κ1) is 14.8. The van der Waals surface area contributed by atoms with E-state index in [9.17, 15) is 4.79 Å². The van der Waals surface area contributed by atoms with Crippen LogP contribution in [0.2, 0.25) is 5.15 Å². The van der Waals surface area contributed by atoms with E-state index in [0.29, 0.717) is 5.69 Å². The molecule has 0 aliphatic heterocycles. The van der Waals surface area contributed by atoms with E-state index in [1.165, 1.54) is 17.3 Å². The van der Waals surface area contributed by atoms with Crippen molar-refractivity contribution in [1.29, 1.82) is 5.26 Å². The minimum atomic E-state index is -0.322. The number of pyridine rings is 2. The summed E-state index contributed by atoms with van der Waals surface area (Å²) in [7, 11) is 1.57. The summed E-state index contributed by atoms with van der Waals surface area (Å²) in [5.41, 5.74) is 0.617. The molecule has 0 fully saturated rings. The van der Waals surface area contributed by atoms with Crippen LogP contribution in [0.1, 0.15) is 5.69 Å². The van der Waals surface area contributed by atoms with Gasteiger partial charge in [-0.3, -0.25) is 4.79 Å². The van der Waals surface area contributed by atoms with Crippen LogP contribution in [0.25, 0.3) is 0 Å². The summed E-state index contributed by atoms with van der Waals surface area (Å²) in [4.78, 5) is 21.2. The largest absolute Gasteiger partial charge is 0.481 e. The van der Waals surface area contributed by atoms with Crippen LogP contribution >= 0.6 is 11.6 Å². The molecule has 2 aromatic rings. The fraction of sp³-hybridized carbons (Fsp3) is 0.143. The van der Waals surface area contributed by atoms with Crippen LogP contribution in [0.3, 0.4) is 0 Å². The van der Waals surface area contributed by atoms with Crippen LogP contribution in [0.5, 0.6) is 5.75 Å². The molecule has 0 bridgehead atoms. The number of carbonyl (C=O) groups is 1. The molecule has 0 saturated heterocycles. The number of hydrogen-bond acceptors (Lipinski definition) is 5. The van der Waals surface area contributed by atoms with E-state index in [1.54, 1.807) is 31.3 Å². The zero-order chi connectivity index (χ0) is 15.2. The lowest BCUT2D eigenvalue weighted by atomic mass is 10.3. The van der Waals surface area contributed by atoms with E-state index < -0.39 is 0 Å². The molecule has 6 nitrogen and oxygen atoms in total. The molecule has 0 aliphatic rings. The minimum Gasteiger partial charge on any atom is -0.481 e. The normalized spacial score (nSPS) is 9.76. The Labute approximate surface area is 126 Å². The van der Waals surface area contributed by atoms with Crippen molar-refractivity contribution in [2.45, 2.75) is 0 Å². The summed E-state index contributed by atoms with van der Waals surface area (Å²) < 4.78 is 5.33. The van der Waals surface area contributed by atoms with Gasteiger partial charge in [-0.1, -0.05) is 11.6 Å². The molecular weight excluding hydrogens is 292 g/mol. The van der Waals surface area contributed by atoms with Crippen molar-refractivity contribution in [2.24, 2.45) is 0 Å². The van der Waals surface area contributed by atoms with Crippen LogP contribution in [-0.4, -0.2) is 29.5 Å². The van der Waals surface area contributed by atoms with Crippen LogP contribution in [0.4, 0.5) is 5.69 Å². The number of halogens is 1. The van der Waals surface area contributed by atoms with Gasteiger partial charge in [-0.15, -0.1) is 0 Å². The summed E-state index contributed by atoms with van der Waals surface area (Å²) in [6.07, 6.45) is 3.02. The number of amides is 1. The quantitative estimate of drug-likeness (QED) is 0.808. The van der Waals surface area contributed by atoms with Crippen molar-refractivity contribution < 1.29 is 9.53 Å². The number of ether oxygens (including phenoxy) is 1. The van der Waals surface area contributed by atoms with Gasteiger partial charge in [0.25, 0.3) is 5.91 Å². The third-order valence-electron chi connectivity index (χ3n) is 2.70. The number of anilines is 1. The van der Waals surface area contributed by atoms with E-state index >= 15 is 0 Å². The van der Waals surface area contributed by atoms with Crippen molar-refractivity contribution >= 4 is 23.2 Å². The topological polar surface area (TPSA) is 79.1 Å². The maximum Gasteiger partial charge on any atom is 0.264 e. The SMILES string of the molecule is CN(C(=O)COc1cccnc1C#N)c1cccnc1Cl. The smallest absolute Gasteiger partial charge is 0.264 e. The molecular formula is C14H11ClN4O2. The molecule has 106 valence electrons. The molecule has 0 spiro atoms. The van der Waals surface area contributed by atoms with Gasteiger partial charge in [0.2, 0.25) is 0 Å². The van der Waals surface area contributed by atoms with E-state index in [1.807, 2.05) is 6.07 Å². The Morgan fingerprint density at radius 2 is 2.10 bits per heavy atom. The van der Waals surface area contributed by atoms with Gasteiger partial charge in [0, 0.05) is 19.4 Å². The predicted octanol–water partition coefficient (Wildman–Crippen LogP) is 2.04. The third-order valence-corrected chi connectivity index (χ3v) is 2.99. The second-order valence-electron chi connectivity index (χ2n) is 4.02. The fourth-order valence-corrected chi connectivity index (χ4v) is 1.84. The van der Waals surface area contributed by atoms with Gasteiger partial charge in [0.15, 0.2) is 23.2 Å². The Bertz CT molecular complexity index is 699. The van der Waals surface area contributed by atoms with Gasteiger partial charge in [-0.25, -0.2) is 9.97 Å². The highest BCUT2D eigenvalue weighted by Gasteiger charge is 2.15. The highest BCUT2D eigenvalue weighted by molar-refractivity contribution is 6.32. The summed E-state index contributed by atoms with van der Waals surface area (Å²) >= 11 is 5.93. The Kier molecular flexibility index (Phi) is 4.69. The Morgan fingerprint density at radius 3 is 2.81 bits per heavy atom. The van der Waals surface area contributed by atoms with Gasteiger partial charge >= 0.3 is 0 Å². The molecule has 0 saturated carbocycles. The molecule has 7 heteroatoms. The average molecular weight is 303 g/mol. The fourth-order valence-electron chi connectivity index (χ4n) is 1.59. The molecule has 2 heterocycles.